The van der Waals surface area contributed by atoms with Crippen molar-refractivity contribution >= 4 is 11.8 Å². The van der Waals surface area contributed by atoms with Crippen molar-refractivity contribution in [3.8, 4) is 0 Å². The van der Waals surface area contributed by atoms with Crippen LogP contribution in [0.2, 0.25) is 0 Å². The molecule has 2 aromatic rings. The minimum atomic E-state index is -0.191. The quantitative estimate of drug-likeness (QED) is 0.874. The van der Waals surface area contributed by atoms with E-state index in [0.717, 1.165) is 5.56 Å². The fourth-order valence-electron chi connectivity index (χ4n) is 1.60. The van der Waals surface area contributed by atoms with Gasteiger partial charge in [0.1, 0.15) is 6.26 Å². The van der Waals surface area contributed by atoms with Crippen LogP contribution in [0.4, 0.5) is 0 Å². The van der Waals surface area contributed by atoms with Crippen molar-refractivity contribution in [3.05, 3.63) is 59.5 Å². The monoisotopic (exact) mass is 258 g/mol. The highest BCUT2D eigenvalue weighted by atomic mass is 16.3. The molecule has 0 bridgehead atoms. The second kappa shape index (κ2) is 5.86. The molecule has 5 heteroatoms. The summed E-state index contributed by atoms with van der Waals surface area (Å²) in [6.45, 7) is 0.401. The largest absolute Gasteiger partial charge is 0.472 e. The average molecular weight is 258 g/mol. The second-order valence-corrected chi connectivity index (χ2v) is 3.97. The smallest absolute Gasteiger partial charge is 0.254 e. The summed E-state index contributed by atoms with van der Waals surface area (Å²) in [6, 6.07) is 8.65. The van der Waals surface area contributed by atoms with Gasteiger partial charge in [0, 0.05) is 19.2 Å². The first kappa shape index (κ1) is 12.9. The van der Waals surface area contributed by atoms with Gasteiger partial charge in [0.25, 0.3) is 11.8 Å². The summed E-state index contributed by atoms with van der Waals surface area (Å²) in [4.78, 5) is 23.0. The molecule has 0 aliphatic rings. The highest BCUT2D eigenvalue weighted by Gasteiger charge is 2.06. The predicted molar refractivity (Wildman–Crippen MR) is 69.7 cm³/mol. The van der Waals surface area contributed by atoms with Crippen LogP contribution in [0.5, 0.6) is 0 Å². The van der Waals surface area contributed by atoms with Crippen molar-refractivity contribution in [2.24, 2.45) is 0 Å². The third-order valence-electron chi connectivity index (χ3n) is 2.68. The molecule has 0 atom stereocenters. The normalized spacial score (nSPS) is 9.95. The van der Waals surface area contributed by atoms with E-state index in [-0.39, 0.29) is 11.8 Å². The summed E-state index contributed by atoms with van der Waals surface area (Å²) in [5.41, 5.74) is 2.00. The van der Waals surface area contributed by atoms with Crippen molar-refractivity contribution < 1.29 is 14.0 Å². The van der Waals surface area contributed by atoms with Crippen molar-refractivity contribution in [2.75, 3.05) is 7.05 Å². The van der Waals surface area contributed by atoms with Crippen LogP contribution in [0.1, 0.15) is 26.3 Å². The number of hydrogen-bond donors (Lipinski definition) is 2. The van der Waals surface area contributed by atoms with E-state index in [9.17, 15) is 9.59 Å². The highest BCUT2D eigenvalue weighted by molar-refractivity contribution is 5.94. The molecule has 0 aliphatic heterocycles. The van der Waals surface area contributed by atoms with Crippen LogP contribution >= 0.6 is 0 Å². The first-order chi connectivity index (χ1) is 9.20. The van der Waals surface area contributed by atoms with E-state index in [1.54, 1.807) is 37.4 Å². The van der Waals surface area contributed by atoms with Crippen LogP contribution in [0.3, 0.4) is 0 Å². The molecule has 98 valence electrons. The van der Waals surface area contributed by atoms with Crippen molar-refractivity contribution in [1.29, 1.82) is 0 Å². The zero-order valence-electron chi connectivity index (χ0n) is 10.5. The lowest BCUT2D eigenvalue weighted by Crippen LogP contribution is -2.22. The fourth-order valence-corrected chi connectivity index (χ4v) is 1.60. The lowest BCUT2D eigenvalue weighted by Gasteiger charge is -2.05. The Hall–Kier alpha value is -2.56. The fraction of sp³-hybridized carbons (Fsp3) is 0.143. The minimum absolute atomic E-state index is 0.131. The molecule has 0 saturated heterocycles. The molecule has 1 aromatic heterocycles. The van der Waals surface area contributed by atoms with E-state index in [4.69, 9.17) is 4.42 Å². The van der Waals surface area contributed by atoms with E-state index < -0.39 is 0 Å². The van der Waals surface area contributed by atoms with Gasteiger partial charge < -0.3 is 15.1 Å². The van der Waals surface area contributed by atoms with Gasteiger partial charge in [-0.25, -0.2) is 0 Å². The lowest BCUT2D eigenvalue weighted by atomic mass is 10.1. The molecule has 1 aromatic carbocycles. The van der Waals surface area contributed by atoms with Gasteiger partial charge in [-0.2, -0.15) is 0 Å². The molecule has 1 heterocycles. The highest BCUT2D eigenvalue weighted by Crippen LogP contribution is 2.05. The van der Waals surface area contributed by atoms with Crippen molar-refractivity contribution in [2.45, 2.75) is 6.54 Å². The summed E-state index contributed by atoms with van der Waals surface area (Å²) in [5.74, 6) is -0.321. The molecular weight excluding hydrogens is 244 g/mol. The molecular formula is C14H14N2O3. The molecule has 2 rings (SSSR count). The Kier molecular flexibility index (Phi) is 3.97. The maximum atomic E-state index is 11.7. The number of furan rings is 1. The Balaban J connectivity index is 1.93. The van der Waals surface area contributed by atoms with Gasteiger partial charge >= 0.3 is 0 Å². The maximum absolute atomic E-state index is 11.7. The van der Waals surface area contributed by atoms with E-state index in [2.05, 4.69) is 10.6 Å². The average Bonchev–Trinajstić information content (AvgIpc) is 2.98. The molecule has 0 unspecified atom stereocenters. The molecule has 0 aliphatic carbocycles. The van der Waals surface area contributed by atoms with Crippen molar-refractivity contribution in [1.82, 2.24) is 10.6 Å². The Labute approximate surface area is 110 Å². The summed E-state index contributed by atoms with van der Waals surface area (Å²) >= 11 is 0. The van der Waals surface area contributed by atoms with E-state index >= 15 is 0 Å². The number of hydrogen-bond acceptors (Lipinski definition) is 3. The molecule has 0 saturated carbocycles. The van der Waals surface area contributed by atoms with Crippen molar-refractivity contribution in [3.63, 3.8) is 0 Å². The Bertz CT molecular complexity index is 559. The zero-order chi connectivity index (χ0) is 13.7. The van der Waals surface area contributed by atoms with Gasteiger partial charge in [-0.05, 0) is 23.8 Å². The predicted octanol–water partition coefficient (Wildman–Crippen LogP) is 1.57. The molecule has 2 N–H and O–H groups in total. The van der Waals surface area contributed by atoms with Crippen LogP contribution < -0.4 is 10.6 Å². The third kappa shape index (κ3) is 3.22. The number of amides is 2. The van der Waals surface area contributed by atoms with E-state index in [1.807, 2.05) is 0 Å². The van der Waals surface area contributed by atoms with Crippen LogP contribution in [0, 0.1) is 0 Å². The number of benzene rings is 1. The Morgan fingerprint density at radius 1 is 1.05 bits per heavy atom. The van der Waals surface area contributed by atoms with Gasteiger partial charge in [0.2, 0.25) is 0 Å². The maximum Gasteiger partial charge on any atom is 0.254 e. The van der Waals surface area contributed by atoms with E-state index in [0.29, 0.717) is 17.7 Å². The SMILES string of the molecule is CNC(=O)c1ccc(CNC(=O)c2ccoc2)cc1. The number of nitrogens with one attached hydrogen (secondary N) is 2. The summed E-state index contributed by atoms with van der Waals surface area (Å²) in [6.07, 6.45) is 2.84. The van der Waals surface area contributed by atoms with Gasteiger partial charge in [-0.3, -0.25) is 9.59 Å². The topological polar surface area (TPSA) is 71.3 Å². The Morgan fingerprint density at radius 2 is 1.79 bits per heavy atom. The molecule has 0 spiro atoms. The van der Waals surface area contributed by atoms with Gasteiger partial charge in [0.05, 0.1) is 11.8 Å². The van der Waals surface area contributed by atoms with Gasteiger partial charge in [-0.1, -0.05) is 12.1 Å². The number of rotatable bonds is 4. The third-order valence-corrected chi connectivity index (χ3v) is 2.68. The van der Waals surface area contributed by atoms with Crippen LogP contribution in [0.25, 0.3) is 0 Å². The summed E-state index contributed by atoms with van der Waals surface area (Å²) < 4.78 is 4.84. The number of carbonyl (C=O) groups is 2. The van der Waals surface area contributed by atoms with Crippen LogP contribution in [-0.2, 0) is 6.54 Å². The Morgan fingerprint density at radius 3 is 2.37 bits per heavy atom. The molecule has 2 amide bonds. The molecule has 5 nitrogen and oxygen atoms in total. The molecule has 0 fully saturated rings. The second-order valence-electron chi connectivity index (χ2n) is 3.97. The standard InChI is InChI=1S/C14H14N2O3/c1-15-13(17)11-4-2-10(3-5-11)8-16-14(18)12-6-7-19-9-12/h2-7,9H,8H2,1H3,(H,15,17)(H,16,18). The first-order valence-electron chi connectivity index (χ1n) is 5.82. The van der Waals surface area contributed by atoms with Gasteiger partial charge in [0.15, 0.2) is 0 Å². The minimum Gasteiger partial charge on any atom is -0.472 e. The van der Waals surface area contributed by atoms with Gasteiger partial charge in [-0.15, -0.1) is 0 Å². The van der Waals surface area contributed by atoms with Crippen LogP contribution in [0.15, 0.2) is 47.3 Å². The lowest BCUT2D eigenvalue weighted by molar-refractivity contribution is 0.0945. The zero-order valence-corrected chi connectivity index (χ0v) is 10.5. The summed E-state index contributed by atoms with van der Waals surface area (Å²) in [5, 5.41) is 5.31. The number of carbonyl (C=O) groups excluding carboxylic acids is 2. The summed E-state index contributed by atoms with van der Waals surface area (Å²) in [7, 11) is 1.58. The molecule has 0 radical (unpaired) electrons. The van der Waals surface area contributed by atoms with Crippen LogP contribution in [-0.4, -0.2) is 18.9 Å². The van der Waals surface area contributed by atoms with E-state index in [1.165, 1.54) is 12.5 Å². The molecule has 19 heavy (non-hydrogen) atoms. The first-order valence-corrected chi connectivity index (χ1v) is 5.82.